The number of anilines is 2. The normalized spacial score (nSPS) is 19.4. The average molecular weight is 580 g/mol. The van der Waals surface area contributed by atoms with E-state index in [1.807, 2.05) is 36.5 Å². The van der Waals surface area contributed by atoms with E-state index in [1.54, 1.807) is 12.4 Å². The highest BCUT2D eigenvalue weighted by Gasteiger charge is 2.48. The lowest BCUT2D eigenvalue weighted by atomic mass is 9.92. The Labute approximate surface area is 224 Å². The van der Waals surface area contributed by atoms with Gasteiger partial charge >= 0.3 is 24.3 Å². The first kappa shape index (κ1) is 32.2. The molecular formula is C23H26F6N6O5. The maximum Gasteiger partial charge on any atom is 0.490 e. The number of aromatic nitrogens is 3. The number of amides is 1. The van der Waals surface area contributed by atoms with Crippen molar-refractivity contribution in [2.24, 2.45) is 0 Å². The maximum atomic E-state index is 12.6. The Hall–Kier alpha value is -4.02. The van der Waals surface area contributed by atoms with E-state index in [1.165, 1.54) is 0 Å². The predicted molar refractivity (Wildman–Crippen MR) is 128 cm³/mol. The first-order valence-corrected chi connectivity index (χ1v) is 11.6. The third-order valence-electron chi connectivity index (χ3n) is 6.09. The molecule has 0 radical (unpaired) electrons. The Morgan fingerprint density at radius 2 is 1.55 bits per heavy atom. The largest absolute Gasteiger partial charge is 0.490 e. The molecule has 40 heavy (non-hydrogen) atoms. The molecule has 2 N–H and O–H groups in total. The van der Waals surface area contributed by atoms with Crippen LogP contribution in [0.25, 0.3) is 0 Å². The second-order valence-corrected chi connectivity index (χ2v) is 8.79. The van der Waals surface area contributed by atoms with Gasteiger partial charge in [0, 0.05) is 38.2 Å². The highest BCUT2D eigenvalue weighted by molar-refractivity contribution is 5.95. The van der Waals surface area contributed by atoms with Crippen molar-refractivity contribution in [3.8, 4) is 0 Å². The smallest absolute Gasteiger partial charge is 0.475 e. The van der Waals surface area contributed by atoms with Crippen LogP contribution in [0.4, 0.5) is 38.0 Å². The number of piperazine rings is 1. The second-order valence-electron chi connectivity index (χ2n) is 8.79. The van der Waals surface area contributed by atoms with Crippen LogP contribution in [0.15, 0.2) is 36.9 Å². The third kappa shape index (κ3) is 8.49. The van der Waals surface area contributed by atoms with Gasteiger partial charge < -0.3 is 20.0 Å². The molecule has 2 aliphatic rings. The van der Waals surface area contributed by atoms with Crippen molar-refractivity contribution < 1.29 is 50.9 Å². The summed E-state index contributed by atoms with van der Waals surface area (Å²) in [6.07, 6.45) is -0.945. The predicted octanol–water partition coefficient (Wildman–Crippen LogP) is 2.63. The van der Waals surface area contributed by atoms with Crippen LogP contribution in [0.1, 0.15) is 18.9 Å². The minimum absolute atomic E-state index is 0.0868. The van der Waals surface area contributed by atoms with E-state index < -0.39 is 24.3 Å². The van der Waals surface area contributed by atoms with Gasteiger partial charge in [0.25, 0.3) is 0 Å². The van der Waals surface area contributed by atoms with Crippen LogP contribution in [0, 0.1) is 0 Å². The fraction of sp³-hybridized carbons (Fsp3) is 0.478. The molecule has 2 aromatic heterocycles. The summed E-state index contributed by atoms with van der Waals surface area (Å²) in [5, 5.41) is 14.2. The number of carboxylic acids is 2. The van der Waals surface area contributed by atoms with E-state index >= 15 is 0 Å². The number of carbonyl (C=O) groups is 3. The molecule has 1 amide bonds. The Morgan fingerprint density at radius 3 is 2.00 bits per heavy atom. The van der Waals surface area contributed by atoms with Crippen molar-refractivity contribution >= 4 is 29.5 Å². The Balaban J connectivity index is 0.000000333. The fourth-order valence-corrected chi connectivity index (χ4v) is 3.87. The molecule has 2 fully saturated rings. The van der Waals surface area contributed by atoms with E-state index in [4.69, 9.17) is 19.8 Å². The molecule has 17 heteroatoms. The van der Waals surface area contributed by atoms with Crippen LogP contribution in [0.3, 0.4) is 0 Å². The molecule has 2 aromatic rings. The quantitative estimate of drug-likeness (QED) is 0.521. The number of aliphatic carboxylic acids is 2. The molecule has 2 aliphatic heterocycles. The van der Waals surface area contributed by atoms with E-state index in [0.29, 0.717) is 13.1 Å². The molecule has 0 bridgehead atoms. The number of nitrogens with zero attached hydrogens (tertiary/aromatic N) is 6. The highest BCUT2D eigenvalue weighted by Crippen LogP contribution is 2.34. The van der Waals surface area contributed by atoms with Crippen molar-refractivity contribution in [2.45, 2.75) is 37.7 Å². The summed E-state index contributed by atoms with van der Waals surface area (Å²) in [7, 11) is 2.04. The number of halogens is 6. The molecule has 0 saturated carbocycles. The third-order valence-corrected chi connectivity index (χ3v) is 6.09. The van der Waals surface area contributed by atoms with Gasteiger partial charge in [0.1, 0.15) is 0 Å². The van der Waals surface area contributed by atoms with Gasteiger partial charge in [-0.15, -0.1) is 0 Å². The number of likely N-dealkylation sites (N-methyl/N-ethyl adjacent to an activating group) is 1. The summed E-state index contributed by atoms with van der Waals surface area (Å²) in [4.78, 5) is 49.9. The maximum absolute atomic E-state index is 12.6. The number of carboxylic acid groups (broad SMARTS) is 2. The Kier molecular flexibility index (Phi) is 10.4. The summed E-state index contributed by atoms with van der Waals surface area (Å²) in [5.74, 6) is -4.62. The standard InChI is InChI=1S/C19H24N6O.2C2HF3O2/c1-3-15-9-21-18(22-10-15)24-8-6-19(13-24)14-25(17(26)12-23(19)2)16-5-4-7-20-11-16;2*3-2(4,5)1(6)7/h4-5,7,9-11H,3,6,8,12-14H2,1-2H3;2*(H,6,7). The topological polar surface area (TPSA) is 140 Å². The summed E-state index contributed by atoms with van der Waals surface area (Å²) in [6.45, 7) is 4.89. The monoisotopic (exact) mass is 580 g/mol. The lowest BCUT2D eigenvalue weighted by Gasteiger charge is -2.46. The molecule has 4 heterocycles. The SMILES string of the molecule is CCc1cnc(N2CCC3(C2)CN(c2cccnc2)C(=O)CN3C)nc1.O=C(O)C(F)(F)F.O=C(O)C(F)(F)F. The lowest BCUT2D eigenvalue weighted by Crippen LogP contribution is -2.64. The molecule has 220 valence electrons. The average Bonchev–Trinajstić information content (AvgIpc) is 3.32. The number of carbonyl (C=O) groups excluding carboxylic acids is 1. The highest BCUT2D eigenvalue weighted by atomic mass is 19.4. The summed E-state index contributed by atoms with van der Waals surface area (Å²) < 4.78 is 63.5. The van der Waals surface area contributed by atoms with E-state index in [9.17, 15) is 31.1 Å². The van der Waals surface area contributed by atoms with E-state index in [-0.39, 0.29) is 11.4 Å². The number of hydrogen-bond acceptors (Lipinski definition) is 8. The van der Waals surface area contributed by atoms with E-state index in [0.717, 1.165) is 43.1 Å². The van der Waals surface area contributed by atoms with Crippen molar-refractivity contribution in [3.63, 3.8) is 0 Å². The van der Waals surface area contributed by atoms with Gasteiger partial charge in [0.15, 0.2) is 0 Å². The molecule has 11 nitrogen and oxygen atoms in total. The molecular weight excluding hydrogens is 554 g/mol. The number of alkyl halides is 6. The molecule has 1 spiro atoms. The van der Waals surface area contributed by atoms with Gasteiger partial charge in [-0.1, -0.05) is 6.92 Å². The number of aryl methyl sites for hydroxylation is 1. The molecule has 0 aliphatic carbocycles. The second kappa shape index (κ2) is 12.9. The summed E-state index contributed by atoms with van der Waals surface area (Å²) in [5.41, 5.74) is 1.93. The van der Waals surface area contributed by atoms with Gasteiger partial charge in [0.05, 0.1) is 24.0 Å². The minimum atomic E-state index is -5.08. The van der Waals surface area contributed by atoms with Gasteiger partial charge in [-0.25, -0.2) is 19.6 Å². The van der Waals surface area contributed by atoms with Crippen LogP contribution in [-0.4, -0.2) is 99.0 Å². The van der Waals surface area contributed by atoms with Crippen LogP contribution in [0.2, 0.25) is 0 Å². The van der Waals surface area contributed by atoms with Gasteiger partial charge in [-0.2, -0.15) is 26.3 Å². The number of rotatable bonds is 3. The molecule has 0 aromatic carbocycles. The molecule has 1 atom stereocenters. The van der Waals surface area contributed by atoms with Gasteiger partial charge in [-0.05, 0) is 37.6 Å². The Morgan fingerprint density at radius 1 is 1.00 bits per heavy atom. The van der Waals surface area contributed by atoms with Crippen LogP contribution in [-0.2, 0) is 20.8 Å². The summed E-state index contributed by atoms with van der Waals surface area (Å²) >= 11 is 0. The fourth-order valence-electron chi connectivity index (χ4n) is 3.87. The van der Waals surface area contributed by atoms with Crippen LogP contribution in [0.5, 0.6) is 0 Å². The summed E-state index contributed by atoms with van der Waals surface area (Å²) in [6, 6.07) is 3.82. The van der Waals surface area contributed by atoms with Crippen LogP contribution >= 0.6 is 0 Å². The van der Waals surface area contributed by atoms with Crippen molar-refractivity contribution in [1.29, 1.82) is 0 Å². The van der Waals surface area contributed by atoms with Crippen molar-refractivity contribution in [3.05, 3.63) is 42.5 Å². The zero-order chi connectivity index (χ0) is 30.3. The van der Waals surface area contributed by atoms with Crippen LogP contribution < -0.4 is 9.80 Å². The molecule has 1 unspecified atom stereocenters. The molecule has 4 rings (SSSR count). The Bertz CT molecular complexity index is 1140. The number of hydrogen-bond donors (Lipinski definition) is 2. The zero-order valence-corrected chi connectivity index (χ0v) is 21.3. The van der Waals surface area contributed by atoms with Crippen molar-refractivity contribution in [2.75, 3.05) is 43.0 Å². The first-order valence-electron chi connectivity index (χ1n) is 11.6. The van der Waals surface area contributed by atoms with Crippen molar-refractivity contribution in [1.82, 2.24) is 19.9 Å². The van der Waals surface area contributed by atoms with E-state index in [2.05, 4.69) is 31.7 Å². The lowest BCUT2D eigenvalue weighted by molar-refractivity contribution is -0.193. The first-order chi connectivity index (χ1) is 18.5. The van der Waals surface area contributed by atoms with Gasteiger partial charge in [0.2, 0.25) is 11.9 Å². The zero-order valence-electron chi connectivity index (χ0n) is 21.3. The number of pyridine rings is 1. The minimum Gasteiger partial charge on any atom is -0.475 e. The van der Waals surface area contributed by atoms with Gasteiger partial charge in [-0.3, -0.25) is 14.7 Å². The molecule has 2 saturated heterocycles.